The fourth-order valence-corrected chi connectivity index (χ4v) is 1.85. The molecule has 2 N–H and O–H groups in total. The van der Waals surface area contributed by atoms with Gasteiger partial charge in [0.25, 0.3) is 0 Å². The number of rotatable bonds is 8. The van der Waals surface area contributed by atoms with Crippen molar-refractivity contribution in [2.45, 2.75) is 39.2 Å². The molecule has 0 unspecified atom stereocenters. The highest BCUT2D eigenvalue weighted by atomic mass is 127. The van der Waals surface area contributed by atoms with E-state index in [9.17, 15) is 0 Å². The molecule has 1 saturated carbocycles. The fraction of sp³-hybridized carbons (Fsp3) is 0.733. The van der Waals surface area contributed by atoms with Gasteiger partial charge in [-0.15, -0.1) is 24.0 Å². The Bertz CT molecular complexity index is 458. The zero-order valence-corrected chi connectivity index (χ0v) is 15.9. The third kappa shape index (κ3) is 6.95. The highest BCUT2D eigenvalue weighted by Crippen LogP contribution is 2.28. The minimum Gasteiger partial charge on any atom is -0.379 e. The zero-order valence-electron chi connectivity index (χ0n) is 13.6. The second-order valence-electron chi connectivity index (χ2n) is 5.74. The van der Waals surface area contributed by atoms with Gasteiger partial charge in [0.15, 0.2) is 11.7 Å². The molecular weight excluding hydrogens is 395 g/mol. The second-order valence-corrected chi connectivity index (χ2v) is 5.74. The van der Waals surface area contributed by atoms with E-state index in [0.717, 1.165) is 36.5 Å². The molecule has 1 aromatic heterocycles. The van der Waals surface area contributed by atoms with Gasteiger partial charge in [0, 0.05) is 26.3 Å². The second kappa shape index (κ2) is 10.0. The average molecular weight is 422 g/mol. The number of hydrogen-bond donors (Lipinski definition) is 2. The Morgan fingerprint density at radius 3 is 2.82 bits per heavy atom. The van der Waals surface area contributed by atoms with Crippen LogP contribution >= 0.6 is 24.0 Å². The van der Waals surface area contributed by atoms with Crippen molar-refractivity contribution in [1.29, 1.82) is 0 Å². The highest BCUT2D eigenvalue weighted by Gasteiger charge is 2.20. The van der Waals surface area contributed by atoms with E-state index in [1.807, 2.05) is 6.07 Å². The van der Waals surface area contributed by atoms with Crippen molar-refractivity contribution in [3.8, 4) is 0 Å². The topological polar surface area (TPSA) is 71.7 Å². The molecule has 0 spiro atoms. The van der Waals surface area contributed by atoms with Crippen molar-refractivity contribution in [2.75, 3.05) is 26.8 Å². The number of nitrogens with zero attached hydrogens (tertiary/aromatic N) is 2. The lowest BCUT2D eigenvalue weighted by molar-refractivity contribution is 0.129. The molecule has 0 bridgehead atoms. The maximum absolute atomic E-state index is 5.57. The molecule has 0 atom stereocenters. The standard InChI is InChI=1S/C15H26N4O2.HI/c1-11(2)14-8-13(21-19-14)9-18-15(16-3)17-6-7-20-10-12-4-5-12;/h8,11-12H,4-7,9-10H2,1-3H3,(H2,16,17,18);1H. The molecule has 6 nitrogen and oxygen atoms in total. The van der Waals surface area contributed by atoms with Crippen LogP contribution < -0.4 is 10.6 Å². The molecule has 1 fully saturated rings. The Balaban J connectivity index is 0.00000242. The van der Waals surface area contributed by atoms with Crippen molar-refractivity contribution < 1.29 is 9.26 Å². The first-order valence-electron chi connectivity index (χ1n) is 7.66. The van der Waals surface area contributed by atoms with Gasteiger partial charge in [0.1, 0.15) is 0 Å². The summed E-state index contributed by atoms with van der Waals surface area (Å²) < 4.78 is 10.8. The first kappa shape index (κ1) is 19.2. The van der Waals surface area contributed by atoms with Gasteiger partial charge in [-0.2, -0.15) is 0 Å². The predicted molar refractivity (Wildman–Crippen MR) is 97.8 cm³/mol. The third-order valence-electron chi connectivity index (χ3n) is 3.41. The molecule has 7 heteroatoms. The van der Waals surface area contributed by atoms with Gasteiger partial charge >= 0.3 is 0 Å². The van der Waals surface area contributed by atoms with Crippen molar-refractivity contribution in [1.82, 2.24) is 15.8 Å². The van der Waals surface area contributed by atoms with Crippen molar-refractivity contribution in [3.63, 3.8) is 0 Å². The average Bonchev–Trinajstić information content (AvgIpc) is 3.17. The highest BCUT2D eigenvalue weighted by molar-refractivity contribution is 14.0. The molecule has 2 rings (SSSR count). The molecule has 1 aliphatic carbocycles. The number of aliphatic imine (C=N–C) groups is 1. The Morgan fingerprint density at radius 2 is 2.23 bits per heavy atom. The van der Waals surface area contributed by atoms with Crippen molar-refractivity contribution in [2.24, 2.45) is 10.9 Å². The molecule has 126 valence electrons. The van der Waals surface area contributed by atoms with Gasteiger partial charge in [-0.25, -0.2) is 0 Å². The van der Waals surface area contributed by atoms with Crippen LogP contribution in [0.1, 0.15) is 44.1 Å². The van der Waals surface area contributed by atoms with E-state index < -0.39 is 0 Å². The summed E-state index contributed by atoms with van der Waals surface area (Å²) in [5.74, 6) is 2.74. The summed E-state index contributed by atoms with van der Waals surface area (Å²) in [5.41, 5.74) is 0.975. The van der Waals surface area contributed by atoms with Gasteiger partial charge in [-0.1, -0.05) is 19.0 Å². The van der Waals surface area contributed by atoms with Gasteiger partial charge in [0.05, 0.1) is 18.8 Å². The summed E-state index contributed by atoms with van der Waals surface area (Å²) in [5, 5.41) is 10.4. The van der Waals surface area contributed by atoms with Gasteiger partial charge in [-0.3, -0.25) is 4.99 Å². The molecule has 0 amide bonds. The fourth-order valence-electron chi connectivity index (χ4n) is 1.85. The third-order valence-corrected chi connectivity index (χ3v) is 3.41. The number of ether oxygens (including phenoxy) is 1. The molecule has 1 heterocycles. The lowest BCUT2D eigenvalue weighted by atomic mass is 10.1. The van der Waals surface area contributed by atoms with Crippen LogP contribution in [0.4, 0.5) is 0 Å². The van der Waals surface area contributed by atoms with Gasteiger partial charge in [-0.05, 0) is 24.7 Å². The van der Waals surface area contributed by atoms with Crippen molar-refractivity contribution >= 4 is 29.9 Å². The zero-order chi connectivity index (χ0) is 15.1. The predicted octanol–water partition coefficient (Wildman–Crippen LogP) is 2.51. The van der Waals surface area contributed by atoms with Gasteiger partial charge in [0.2, 0.25) is 0 Å². The summed E-state index contributed by atoms with van der Waals surface area (Å²) in [6.45, 7) is 7.11. The van der Waals surface area contributed by atoms with E-state index in [1.54, 1.807) is 7.05 Å². The van der Waals surface area contributed by atoms with E-state index in [1.165, 1.54) is 12.8 Å². The first-order valence-corrected chi connectivity index (χ1v) is 7.66. The molecule has 1 aromatic rings. The van der Waals surface area contributed by atoms with E-state index >= 15 is 0 Å². The minimum absolute atomic E-state index is 0. The Morgan fingerprint density at radius 1 is 1.45 bits per heavy atom. The summed E-state index contributed by atoms with van der Waals surface area (Å²) in [6.07, 6.45) is 2.65. The molecule has 1 aliphatic rings. The summed E-state index contributed by atoms with van der Waals surface area (Å²) >= 11 is 0. The molecular formula is C15H27IN4O2. The summed E-state index contributed by atoms with van der Waals surface area (Å²) in [6, 6.07) is 1.98. The van der Waals surface area contributed by atoms with E-state index in [2.05, 4.69) is 34.6 Å². The number of hydrogen-bond acceptors (Lipinski definition) is 4. The quantitative estimate of drug-likeness (QED) is 0.292. The number of aromatic nitrogens is 1. The maximum Gasteiger partial charge on any atom is 0.191 e. The van der Waals surface area contributed by atoms with Crippen LogP contribution in [-0.2, 0) is 11.3 Å². The molecule has 0 aromatic carbocycles. The molecule has 22 heavy (non-hydrogen) atoms. The molecule has 0 aliphatic heterocycles. The number of halogens is 1. The van der Waals surface area contributed by atoms with E-state index in [0.29, 0.717) is 19.1 Å². The van der Waals surface area contributed by atoms with Crippen LogP contribution in [-0.4, -0.2) is 37.9 Å². The number of guanidine groups is 1. The summed E-state index contributed by atoms with van der Waals surface area (Å²) in [4.78, 5) is 4.17. The van der Waals surface area contributed by atoms with Crippen LogP contribution in [0.3, 0.4) is 0 Å². The minimum atomic E-state index is 0. The smallest absolute Gasteiger partial charge is 0.191 e. The van der Waals surface area contributed by atoms with Crippen LogP contribution in [0.15, 0.2) is 15.6 Å². The SMILES string of the molecule is CN=C(NCCOCC1CC1)NCc1cc(C(C)C)no1.I. The van der Waals surface area contributed by atoms with Crippen LogP contribution in [0.2, 0.25) is 0 Å². The largest absolute Gasteiger partial charge is 0.379 e. The Labute approximate surface area is 149 Å². The lowest BCUT2D eigenvalue weighted by Gasteiger charge is -2.10. The first-order chi connectivity index (χ1) is 10.2. The molecule has 0 saturated heterocycles. The molecule has 0 radical (unpaired) electrons. The van der Waals surface area contributed by atoms with E-state index in [4.69, 9.17) is 9.26 Å². The van der Waals surface area contributed by atoms with E-state index in [-0.39, 0.29) is 24.0 Å². The normalized spacial score (nSPS) is 14.8. The maximum atomic E-state index is 5.57. The van der Waals surface area contributed by atoms with Crippen LogP contribution in [0.25, 0.3) is 0 Å². The summed E-state index contributed by atoms with van der Waals surface area (Å²) in [7, 11) is 1.75. The Hall–Kier alpha value is -0.830. The van der Waals surface area contributed by atoms with Crippen LogP contribution in [0.5, 0.6) is 0 Å². The lowest BCUT2D eigenvalue weighted by Crippen LogP contribution is -2.38. The number of nitrogens with one attached hydrogen (secondary N) is 2. The van der Waals surface area contributed by atoms with Crippen LogP contribution in [0, 0.1) is 5.92 Å². The van der Waals surface area contributed by atoms with Crippen molar-refractivity contribution in [3.05, 3.63) is 17.5 Å². The van der Waals surface area contributed by atoms with Gasteiger partial charge < -0.3 is 19.9 Å². The monoisotopic (exact) mass is 422 g/mol. The Kier molecular flexibility index (Phi) is 8.77.